The Bertz CT molecular complexity index is 1440. The second-order valence-electron chi connectivity index (χ2n) is 14.9. The number of aliphatic hydroxyl groups excluding tert-OH is 10. The zero-order valence-electron chi connectivity index (χ0n) is 31.1. The molecule has 16 nitrogen and oxygen atoms in total. The molecule has 1 aromatic rings. The van der Waals surface area contributed by atoms with Gasteiger partial charge in [-0.3, -0.25) is 0 Å². The predicted octanol–water partition coefficient (Wildman–Crippen LogP) is -0.746. The average Bonchev–Trinajstić information content (AvgIpc) is 3.14. The molecule has 10 N–H and O–H groups in total. The van der Waals surface area contributed by atoms with Gasteiger partial charge >= 0.3 is 0 Å². The molecule has 0 bridgehead atoms. The highest BCUT2D eigenvalue weighted by Gasteiger charge is 2.52. The SMILES string of the molecule is C=C(C)[C@@H]1CCC(C)=C[C@H]1c1c(O[C@@H]2O[C@H](CC)[C@@H](O)[C@H](O)[C@H]2O)cc(CCC)cc1O[C@@H]1O[C@H](CO)[C@@H](O)[C@H](O[C@H]2O[C@H](CO)[C@@H](O)[C@H](O)[C@H]2O)[C@H]1O. The van der Waals surface area contributed by atoms with Crippen molar-refractivity contribution in [3.8, 4) is 11.5 Å². The van der Waals surface area contributed by atoms with Crippen molar-refractivity contribution < 1.29 is 79.5 Å². The molecule has 3 saturated heterocycles. The third kappa shape index (κ3) is 8.82. The summed E-state index contributed by atoms with van der Waals surface area (Å²) in [6.45, 7) is 10.4. The third-order valence-corrected chi connectivity index (χ3v) is 10.9. The first-order chi connectivity index (χ1) is 25.6. The van der Waals surface area contributed by atoms with E-state index in [0.29, 0.717) is 24.8 Å². The van der Waals surface area contributed by atoms with Crippen LogP contribution < -0.4 is 9.47 Å². The Hall–Kier alpha value is -2.26. The molecule has 3 fully saturated rings. The zero-order chi connectivity index (χ0) is 39.6. The maximum absolute atomic E-state index is 11.7. The lowest BCUT2D eigenvalue weighted by Crippen LogP contribution is -2.65. The predicted molar refractivity (Wildman–Crippen MR) is 189 cm³/mol. The number of aliphatic hydroxyl groups is 10. The Morgan fingerprint density at radius 2 is 1.24 bits per heavy atom. The number of rotatable bonds is 13. The van der Waals surface area contributed by atoms with Crippen molar-refractivity contribution in [1.82, 2.24) is 0 Å². The number of ether oxygens (including phenoxy) is 6. The monoisotopic (exact) mass is 770 g/mol. The smallest absolute Gasteiger partial charge is 0.229 e. The van der Waals surface area contributed by atoms with E-state index in [1.807, 2.05) is 20.8 Å². The Kier molecular flexibility index (Phi) is 14.6. The van der Waals surface area contributed by atoms with Gasteiger partial charge in [0.25, 0.3) is 0 Å². The van der Waals surface area contributed by atoms with Crippen molar-refractivity contribution in [3.63, 3.8) is 0 Å². The quantitative estimate of drug-likeness (QED) is 0.111. The number of allylic oxidation sites excluding steroid dienone is 3. The summed E-state index contributed by atoms with van der Waals surface area (Å²) in [6.07, 6.45) is -18.1. The van der Waals surface area contributed by atoms with Gasteiger partial charge < -0.3 is 79.5 Å². The molecule has 3 aliphatic heterocycles. The number of aryl methyl sites for hydroxylation is 1. The van der Waals surface area contributed by atoms with Gasteiger partial charge in [0, 0.05) is 11.5 Å². The molecule has 16 heteroatoms. The van der Waals surface area contributed by atoms with Gasteiger partial charge in [-0.05, 0) is 63.1 Å². The van der Waals surface area contributed by atoms with E-state index in [-0.39, 0.29) is 17.4 Å². The van der Waals surface area contributed by atoms with E-state index in [0.717, 1.165) is 29.6 Å². The second-order valence-corrected chi connectivity index (χ2v) is 14.9. The van der Waals surface area contributed by atoms with Crippen LogP contribution in [0.15, 0.2) is 35.9 Å². The maximum Gasteiger partial charge on any atom is 0.229 e. The summed E-state index contributed by atoms with van der Waals surface area (Å²) in [4.78, 5) is 0. The zero-order valence-corrected chi connectivity index (χ0v) is 31.1. The van der Waals surface area contributed by atoms with E-state index in [9.17, 15) is 51.1 Å². The topological polar surface area (TPSA) is 258 Å². The fraction of sp³-hybridized carbons (Fsp3) is 0.737. The Morgan fingerprint density at radius 1 is 0.722 bits per heavy atom. The molecule has 17 atom stereocenters. The standard InChI is InChI=1S/C38H58O16/c1-6-8-18-12-22(50-36-32(46)30(44)27(41)21(7-2)49-36)26(20-11-17(5)9-10-19(20)16(3)4)23(13-18)51-38-34(48)35(29(43)25(15-40)53-38)54-37-33(47)31(45)28(42)24(14-39)52-37/h11-13,19-21,24-25,27-48H,3,6-10,14-15H2,1-2,4-5H3/t19-,20+,21+,24+,25+,27+,28+,29+,30-,31-,32+,33+,34+,35-,36-,37+,38+/m0/s1. The van der Waals surface area contributed by atoms with Crippen molar-refractivity contribution in [2.75, 3.05) is 13.2 Å². The summed E-state index contributed by atoms with van der Waals surface area (Å²) in [6, 6.07) is 3.55. The molecule has 1 aromatic carbocycles. The Morgan fingerprint density at radius 3 is 1.80 bits per heavy atom. The van der Waals surface area contributed by atoms with Crippen LogP contribution in [0.25, 0.3) is 0 Å². The molecule has 0 amide bonds. The van der Waals surface area contributed by atoms with Crippen LogP contribution in [0.3, 0.4) is 0 Å². The summed E-state index contributed by atoms with van der Waals surface area (Å²) >= 11 is 0. The van der Waals surface area contributed by atoms with Gasteiger partial charge in [0.05, 0.1) is 19.3 Å². The lowest BCUT2D eigenvalue weighted by molar-refractivity contribution is -0.352. The van der Waals surface area contributed by atoms with Crippen LogP contribution in [0.1, 0.15) is 70.4 Å². The van der Waals surface area contributed by atoms with E-state index in [4.69, 9.17) is 28.4 Å². The van der Waals surface area contributed by atoms with Crippen molar-refractivity contribution in [1.29, 1.82) is 0 Å². The number of hydrogen-bond donors (Lipinski definition) is 10. The number of hydrogen-bond acceptors (Lipinski definition) is 16. The van der Waals surface area contributed by atoms with Crippen LogP contribution in [0.4, 0.5) is 0 Å². The Labute approximate surface area is 314 Å². The molecular weight excluding hydrogens is 712 g/mol. The highest BCUT2D eigenvalue weighted by atomic mass is 16.7. The molecule has 4 aliphatic rings. The van der Waals surface area contributed by atoms with E-state index < -0.39 is 111 Å². The molecule has 306 valence electrons. The highest BCUT2D eigenvalue weighted by molar-refractivity contribution is 5.53. The molecule has 54 heavy (non-hydrogen) atoms. The number of benzene rings is 1. The van der Waals surface area contributed by atoms with E-state index >= 15 is 0 Å². The Balaban J connectivity index is 1.58. The molecular formula is C38H58O16. The summed E-state index contributed by atoms with van der Waals surface area (Å²) in [5.74, 6) is -0.121. The first-order valence-corrected chi connectivity index (χ1v) is 18.8. The average molecular weight is 771 g/mol. The molecule has 3 heterocycles. The summed E-state index contributed by atoms with van der Waals surface area (Å²) in [5.41, 5.74) is 3.16. The minimum absolute atomic E-state index is 0.116. The molecule has 1 aliphatic carbocycles. The molecule has 0 saturated carbocycles. The molecule has 0 unspecified atom stereocenters. The van der Waals surface area contributed by atoms with Gasteiger partial charge in [-0.2, -0.15) is 0 Å². The van der Waals surface area contributed by atoms with Gasteiger partial charge in [-0.15, -0.1) is 0 Å². The maximum atomic E-state index is 11.7. The van der Waals surface area contributed by atoms with Crippen molar-refractivity contribution in [3.05, 3.63) is 47.1 Å². The first kappa shape index (κ1) is 42.9. The van der Waals surface area contributed by atoms with E-state index in [1.165, 1.54) is 0 Å². The molecule has 0 spiro atoms. The fourth-order valence-electron chi connectivity index (χ4n) is 7.77. The lowest BCUT2D eigenvalue weighted by atomic mass is 9.73. The first-order valence-electron chi connectivity index (χ1n) is 18.8. The fourth-order valence-corrected chi connectivity index (χ4v) is 7.77. The highest BCUT2D eigenvalue weighted by Crippen LogP contribution is 2.49. The second kappa shape index (κ2) is 18.3. The van der Waals surface area contributed by atoms with Gasteiger partial charge in [0.1, 0.15) is 78.6 Å². The van der Waals surface area contributed by atoms with Gasteiger partial charge in [-0.25, -0.2) is 0 Å². The van der Waals surface area contributed by atoms with E-state index in [1.54, 1.807) is 19.1 Å². The normalized spacial score (nSPS) is 41.6. The van der Waals surface area contributed by atoms with Crippen LogP contribution in [0.2, 0.25) is 0 Å². The van der Waals surface area contributed by atoms with Gasteiger partial charge in [-0.1, -0.05) is 44.1 Å². The lowest BCUT2D eigenvalue weighted by Gasteiger charge is -2.46. The summed E-state index contributed by atoms with van der Waals surface area (Å²) < 4.78 is 36.1. The van der Waals surface area contributed by atoms with Gasteiger partial charge in [0.2, 0.25) is 12.6 Å². The van der Waals surface area contributed by atoms with Crippen LogP contribution >= 0.6 is 0 Å². The molecule has 0 radical (unpaired) electrons. The summed E-state index contributed by atoms with van der Waals surface area (Å²) in [5, 5.41) is 106. The van der Waals surface area contributed by atoms with Gasteiger partial charge in [0.15, 0.2) is 6.29 Å². The molecule has 5 rings (SSSR count). The van der Waals surface area contributed by atoms with Crippen molar-refractivity contribution in [2.45, 2.75) is 158 Å². The minimum atomic E-state index is -1.85. The van der Waals surface area contributed by atoms with Crippen LogP contribution in [0.5, 0.6) is 11.5 Å². The third-order valence-electron chi connectivity index (χ3n) is 10.9. The largest absolute Gasteiger partial charge is 0.462 e. The molecule has 0 aromatic heterocycles. The van der Waals surface area contributed by atoms with Crippen LogP contribution in [0, 0.1) is 5.92 Å². The van der Waals surface area contributed by atoms with Crippen molar-refractivity contribution in [2.24, 2.45) is 5.92 Å². The van der Waals surface area contributed by atoms with E-state index in [2.05, 4.69) is 12.7 Å². The van der Waals surface area contributed by atoms with Crippen LogP contribution in [-0.2, 0) is 25.4 Å². The van der Waals surface area contributed by atoms with Crippen LogP contribution in [-0.4, -0.2) is 156 Å². The minimum Gasteiger partial charge on any atom is -0.462 e. The van der Waals surface area contributed by atoms with Crippen molar-refractivity contribution >= 4 is 0 Å². The summed E-state index contributed by atoms with van der Waals surface area (Å²) in [7, 11) is 0.